The van der Waals surface area contributed by atoms with Crippen LogP contribution in [0.3, 0.4) is 0 Å². The number of carbonyl (C=O) groups is 1. The third kappa shape index (κ3) is 3.18. The van der Waals surface area contributed by atoms with Gasteiger partial charge in [0.15, 0.2) is 0 Å². The molecule has 1 aromatic rings. The SMILES string of the molecule is Cc1cc(N[C@H](C(=O)O)C(C)C)nc(C)n1. The summed E-state index contributed by atoms with van der Waals surface area (Å²) in [6, 6.07) is 1.11. The molecule has 88 valence electrons. The van der Waals surface area contributed by atoms with Gasteiger partial charge in [-0.05, 0) is 19.8 Å². The van der Waals surface area contributed by atoms with Gasteiger partial charge >= 0.3 is 5.97 Å². The van der Waals surface area contributed by atoms with Gasteiger partial charge in [0.25, 0.3) is 0 Å². The molecule has 1 rings (SSSR count). The lowest BCUT2D eigenvalue weighted by atomic mass is 10.1. The molecule has 5 nitrogen and oxygen atoms in total. The van der Waals surface area contributed by atoms with Crippen LogP contribution in [0.1, 0.15) is 25.4 Å². The van der Waals surface area contributed by atoms with E-state index in [1.54, 1.807) is 13.0 Å². The second kappa shape index (κ2) is 4.92. The van der Waals surface area contributed by atoms with Crippen molar-refractivity contribution in [2.24, 2.45) is 5.92 Å². The van der Waals surface area contributed by atoms with E-state index in [0.29, 0.717) is 11.6 Å². The Bertz CT molecular complexity index is 371. The number of hydrogen-bond acceptors (Lipinski definition) is 4. The molecule has 2 N–H and O–H groups in total. The largest absolute Gasteiger partial charge is 0.480 e. The van der Waals surface area contributed by atoms with Crippen LogP contribution < -0.4 is 5.32 Å². The Morgan fingerprint density at radius 2 is 2.00 bits per heavy atom. The van der Waals surface area contributed by atoms with Gasteiger partial charge in [-0.25, -0.2) is 14.8 Å². The van der Waals surface area contributed by atoms with Crippen molar-refractivity contribution in [3.8, 4) is 0 Å². The number of aromatic nitrogens is 2. The zero-order chi connectivity index (χ0) is 12.3. The van der Waals surface area contributed by atoms with Crippen molar-refractivity contribution in [2.75, 3.05) is 5.32 Å². The molecule has 0 radical (unpaired) electrons. The first-order chi connectivity index (χ1) is 7.40. The van der Waals surface area contributed by atoms with Crippen molar-refractivity contribution in [3.63, 3.8) is 0 Å². The van der Waals surface area contributed by atoms with Gasteiger partial charge in [-0.3, -0.25) is 0 Å². The van der Waals surface area contributed by atoms with E-state index in [4.69, 9.17) is 5.11 Å². The minimum atomic E-state index is -0.871. The third-order valence-electron chi connectivity index (χ3n) is 2.20. The Balaban J connectivity index is 2.89. The summed E-state index contributed by atoms with van der Waals surface area (Å²) in [5.41, 5.74) is 0.822. The summed E-state index contributed by atoms with van der Waals surface area (Å²) in [5, 5.41) is 11.9. The van der Waals surface area contributed by atoms with Crippen LogP contribution in [0.15, 0.2) is 6.07 Å². The number of hydrogen-bond donors (Lipinski definition) is 2. The fraction of sp³-hybridized carbons (Fsp3) is 0.545. The molecule has 0 aliphatic heterocycles. The van der Waals surface area contributed by atoms with Gasteiger partial charge in [-0.1, -0.05) is 13.8 Å². The average molecular weight is 223 g/mol. The average Bonchev–Trinajstić information content (AvgIpc) is 2.11. The van der Waals surface area contributed by atoms with E-state index in [2.05, 4.69) is 15.3 Å². The summed E-state index contributed by atoms with van der Waals surface area (Å²) in [6.45, 7) is 7.34. The number of aliphatic carboxylic acids is 1. The minimum Gasteiger partial charge on any atom is -0.480 e. The van der Waals surface area contributed by atoms with E-state index in [1.807, 2.05) is 20.8 Å². The van der Waals surface area contributed by atoms with Crippen LogP contribution in [0, 0.1) is 19.8 Å². The molecule has 1 atom stereocenters. The van der Waals surface area contributed by atoms with Crippen molar-refractivity contribution in [2.45, 2.75) is 33.7 Å². The van der Waals surface area contributed by atoms with E-state index in [1.165, 1.54) is 0 Å². The lowest BCUT2D eigenvalue weighted by Gasteiger charge is -2.18. The van der Waals surface area contributed by atoms with Gasteiger partial charge in [-0.2, -0.15) is 0 Å². The number of nitrogens with one attached hydrogen (secondary N) is 1. The minimum absolute atomic E-state index is 0.00641. The van der Waals surface area contributed by atoms with Crippen LogP contribution in [0.4, 0.5) is 5.82 Å². The number of aryl methyl sites for hydroxylation is 2. The summed E-state index contributed by atoms with van der Waals surface area (Å²) in [5.74, 6) is 0.318. The van der Waals surface area contributed by atoms with Gasteiger partial charge in [0.1, 0.15) is 17.7 Å². The van der Waals surface area contributed by atoms with E-state index in [-0.39, 0.29) is 5.92 Å². The highest BCUT2D eigenvalue weighted by molar-refractivity contribution is 5.77. The van der Waals surface area contributed by atoms with Crippen molar-refractivity contribution >= 4 is 11.8 Å². The first-order valence-electron chi connectivity index (χ1n) is 5.21. The monoisotopic (exact) mass is 223 g/mol. The van der Waals surface area contributed by atoms with E-state index < -0.39 is 12.0 Å². The lowest BCUT2D eigenvalue weighted by molar-refractivity contribution is -0.138. The van der Waals surface area contributed by atoms with Crippen LogP contribution in [-0.4, -0.2) is 27.1 Å². The Kier molecular flexibility index (Phi) is 3.82. The maximum absolute atomic E-state index is 11.0. The van der Waals surface area contributed by atoms with Crippen molar-refractivity contribution in [1.29, 1.82) is 0 Å². The zero-order valence-electron chi connectivity index (χ0n) is 9.98. The Morgan fingerprint density at radius 1 is 1.38 bits per heavy atom. The van der Waals surface area contributed by atoms with E-state index in [9.17, 15) is 4.79 Å². The molecule has 0 aliphatic carbocycles. The molecule has 0 aromatic carbocycles. The highest BCUT2D eigenvalue weighted by Crippen LogP contribution is 2.12. The van der Waals surface area contributed by atoms with Crippen LogP contribution >= 0.6 is 0 Å². The predicted octanol–water partition coefficient (Wildman–Crippen LogP) is 1.61. The molecule has 0 amide bonds. The normalized spacial score (nSPS) is 12.6. The van der Waals surface area contributed by atoms with Gasteiger partial charge in [0.2, 0.25) is 0 Å². The molecule has 0 saturated carbocycles. The van der Waals surface area contributed by atoms with Crippen LogP contribution in [0.25, 0.3) is 0 Å². The molecule has 1 aromatic heterocycles. The number of nitrogens with zero attached hydrogens (tertiary/aromatic N) is 2. The van der Waals surface area contributed by atoms with Gasteiger partial charge in [-0.15, -0.1) is 0 Å². The lowest BCUT2D eigenvalue weighted by Crippen LogP contribution is -2.34. The molecule has 0 bridgehead atoms. The summed E-state index contributed by atoms with van der Waals surface area (Å²) in [6.07, 6.45) is 0. The molecular weight excluding hydrogens is 206 g/mol. The predicted molar refractivity (Wildman–Crippen MR) is 61.4 cm³/mol. The molecule has 5 heteroatoms. The number of carboxylic acid groups (broad SMARTS) is 1. The molecule has 0 unspecified atom stereocenters. The molecule has 16 heavy (non-hydrogen) atoms. The molecular formula is C11H17N3O2. The highest BCUT2D eigenvalue weighted by atomic mass is 16.4. The topological polar surface area (TPSA) is 75.1 Å². The standard InChI is InChI=1S/C11H17N3O2/c1-6(2)10(11(15)16)14-9-5-7(3)12-8(4)13-9/h5-6,10H,1-4H3,(H,15,16)(H,12,13,14)/t10-/m0/s1. The van der Waals surface area contributed by atoms with Crippen LogP contribution in [0.5, 0.6) is 0 Å². The molecule has 0 saturated heterocycles. The second-order valence-corrected chi connectivity index (χ2v) is 4.15. The fourth-order valence-electron chi connectivity index (χ4n) is 1.46. The molecule has 0 aliphatic rings. The number of rotatable bonds is 4. The van der Waals surface area contributed by atoms with Crippen molar-refractivity contribution in [3.05, 3.63) is 17.6 Å². The first kappa shape index (κ1) is 12.4. The Hall–Kier alpha value is -1.65. The summed E-state index contributed by atoms with van der Waals surface area (Å²) in [4.78, 5) is 19.3. The van der Waals surface area contributed by atoms with Gasteiger partial charge in [0.05, 0.1) is 0 Å². The van der Waals surface area contributed by atoms with Crippen LogP contribution in [-0.2, 0) is 4.79 Å². The molecule has 0 spiro atoms. The van der Waals surface area contributed by atoms with Crippen molar-refractivity contribution < 1.29 is 9.90 Å². The second-order valence-electron chi connectivity index (χ2n) is 4.15. The molecule has 1 heterocycles. The quantitative estimate of drug-likeness (QED) is 0.811. The van der Waals surface area contributed by atoms with E-state index >= 15 is 0 Å². The first-order valence-corrected chi connectivity index (χ1v) is 5.21. The Morgan fingerprint density at radius 3 is 2.44 bits per heavy atom. The summed E-state index contributed by atoms with van der Waals surface area (Å²) in [7, 11) is 0. The van der Waals surface area contributed by atoms with Crippen LogP contribution in [0.2, 0.25) is 0 Å². The van der Waals surface area contributed by atoms with Gasteiger partial charge in [0, 0.05) is 11.8 Å². The summed E-state index contributed by atoms with van der Waals surface area (Å²) >= 11 is 0. The Labute approximate surface area is 94.9 Å². The maximum Gasteiger partial charge on any atom is 0.326 e. The number of anilines is 1. The van der Waals surface area contributed by atoms with Gasteiger partial charge < -0.3 is 10.4 Å². The highest BCUT2D eigenvalue weighted by Gasteiger charge is 2.21. The number of carboxylic acids is 1. The third-order valence-corrected chi connectivity index (χ3v) is 2.20. The van der Waals surface area contributed by atoms with Crippen molar-refractivity contribution in [1.82, 2.24) is 9.97 Å². The fourth-order valence-corrected chi connectivity index (χ4v) is 1.46. The molecule has 0 fully saturated rings. The zero-order valence-corrected chi connectivity index (χ0v) is 9.98. The summed E-state index contributed by atoms with van der Waals surface area (Å²) < 4.78 is 0. The van der Waals surface area contributed by atoms with E-state index in [0.717, 1.165) is 5.69 Å². The maximum atomic E-state index is 11.0. The smallest absolute Gasteiger partial charge is 0.326 e.